The normalized spacial score (nSPS) is 19.9. The van der Waals surface area contributed by atoms with E-state index in [1.54, 1.807) is 12.1 Å². The molecule has 2 heterocycles. The van der Waals surface area contributed by atoms with Crippen molar-refractivity contribution < 1.29 is 20.2 Å². The van der Waals surface area contributed by atoms with E-state index in [4.69, 9.17) is 0 Å². The van der Waals surface area contributed by atoms with Crippen molar-refractivity contribution in [3.05, 3.63) is 65.4 Å². The highest BCUT2D eigenvalue weighted by Crippen LogP contribution is 2.46. The van der Waals surface area contributed by atoms with Crippen LogP contribution in [0.1, 0.15) is 43.4 Å². The summed E-state index contributed by atoms with van der Waals surface area (Å²) < 4.78 is 0. The molecule has 2 aromatic rings. The minimum Gasteiger partial charge on any atom is -0.507 e. The summed E-state index contributed by atoms with van der Waals surface area (Å²) in [5.41, 5.74) is 5.70. The van der Waals surface area contributed by atoms with Gasteiger partial charge in [0.1, 0.15) is 11.9 Å². The molecular weight excluding hydrogens is 402 g/mol. The van der Waals surface area contributed by atoms with Crippen LogP contribution >= 0.6 is 0 Å². The molecule has 3 unspecified atom stereocenters. The zero-order chi connectivity index (χ0) is 23.6. The number of likely N-dealkylation sites (N-methyl/N-ethyl adjacent to an activating group) is 1. The van der Waals surface area contributed by atoms with Crippen LogP contribution in [0.25, 0.3) is 16.7 Å². The van der Waals surface area contributed by atoms with E-state index >= 15 is 0 Å². The van der Waals surface area contributed by atoms with Crippen LogP contribution in [0, 0.1) is 6.92 Å². The summed E-state index contributed by atoms with van der Waals surface area (Å²) in [6.07, 6.45) is 5.12. The Kier molecular flexibility index (Phi) is 7.19. The van der Waals surface area contributed by atoms with Gasteiger partial charge in [0, 0.05) is 23.2 Å². The lowest BCUT2D eigenvalue weighted by Crippen LogP contribution is -3.11. The summed E-state index contributed by atoms with van der Waals surface area (Å²) in [4.78, 5) is 14.8. The van der Waals surface area contributed by atoms with E-state index < -0.39 is 6.04 Å². The largest absolute Gasteiger partial charge is 0.507 e. The van der Waals surface area contributed by atoms with Crippen molar-refractivity contribution >= 4 is 17.2 Å². The molecule has 3 atom stereocenters. The lowest BCUT2D eigenvalue weighted by molar-refractivity contribution is -1.05. The maximum Gasteiger partial charge on any atom is 0.291 e. The Bertz CT molecular complexity index is 1050. The molecule has 4 N–H and O–H groups in total. The maximum absolute atomic E-state index is 12.7. The Balaban J connectivity index is 0.00000141. The second-order valence-electron chi connectivity index (χ2n) is 8.45. The second-order valence-corrected chi connectivity index (χ2v) is 8.45. The third kappa shape index (κ3) is 4.35. The Morgan fingerprint density at radius 1 is 1.16 bits per heavy atom. The topological polar surface area (TPSA) is 77.2 Å². The third-order valence-electron chi connectivity index (χ3n) is 5.86. The first-order valence-electron chi connectivity index (χ1n) is 11.1. The van der Waals surface area contributed by atoms with Crippen LogP contribution < -0.4 is 10.4 Å². The van der Waals surface area contributed by atoms with Gasteiger partial charge in [0.25, 0.3) is 5.91 Å². The van der Waals surface area contributed by atoms with Gasteiger partial charge in [-0.2, -0.15) is 5.06 Å². The van der Waals surface area contributed by atoms with Gasteiger partial charge < -0.3 is 15.3 Å². The van der Waals surface area contributed by atoms with Gasteiger partial charge in [0.15, 0.2) is 0 Å². The molecule has 0 spiro atoms. The highest BCUT2D eigenvalue weighted by Gasteiger charge is 2.42. The van der Waals surface area contributed by atoms with E-state index in [-0.39, 0.29) is 16.7 Å². The Hall–Kier alpha value is -2.93. The molecule has 0 saturated heterocycles. The first kappa shape index (κ1) is 23.7. The summed E-state index contributed by atoms with van der Waals surface area (Å²) in [6, 6.07) is 9.13. The molecule has 2 aliphatic heterocycles. The van der Waals surface area contributed by atoms with Gasteiger partial charge in [-0.3, -0.25) is 4.79 Å². The number of hydrogen-bond acceptors (Lipinski definition) is 4. The molecule has 0 radical (unpaired) electrons. The lowest BCUT2D eigenvalue weighted by atomic mass is 9.83. The Morgan fingerprint density at radius 2 is 1.81 bits per heavy atom. The molecule has 2 aromatic carbocycles. The van der Waals surface area contributed by atoms with Gasteiger partial charge in [0.05, 0.1) is 5.69 Å². The van der Waals surface area contributed by atoms with Crippen LogP contribution in [0.4, 0.5) is 5.69 Å². The van der Waals surface area contributed by atoms with Gasteiger partial charge in [0.2, 0.25) is 6.04 Å². The van der Waals surface area contributed by atoms with Crippen LogP contribution in [-0.4, -0.2) is 47.8 Å². The van der Waals surface area contributed by atoms with Crippen molar-refractivity contribution in [1.29, 1.82) is 0 Å². The number of anilines is 1. The molecular formula is C26H34N3O3+. The molecule has 4 rings (SSSR count). The Morgan fingerprint density at radius 3 is 2.44 bits per heavy atom. The Labute approximate surface area is 190 Å². The monoisotopic (exact) mass is 436 g/mol. The number of nitrogens with one attached hydrogen (secondary N) is 2. The molecule has 170 valence electrons. The molecule has 32 heavy (non-hydrogen) atoms. The number of aromatic hydroxyl groups is 1. The van der Waals surface area contributed by atoms with Crippen molar-refractivity contribution in [1.82, 2.24) is 4.90 Å². The quantitative estimate of drug-likeness (QED) is 0.553. The number of benzene rings is 2. The summed E-state index contributed by atoms with van der Waals surface area (Å²) in [5.74, 6) is 0.282. The zero-order valence-corrected chi connectivity index (χ0v) is 19.7. The van der Waals surface area contributed by atoms with Gasteiger partial charge >= 0.3 is 0 Å². The number of allylic oxidation sites excluding steroid dienone is 2. The van der Waals surface area contributed by atoms with E-state index in [1.165, 1.54) is 11.8 Å². The van der Waals surface area contributed by atoms with Crippen LogP contribution in [0.5, 0.6) is 5.75 Å². The number of carbonyl (C=O) groups is 1. The van der Waals surface area contributed by atoms with Crippen molar-refractivity contribution in [2.75, 3.05) is 26.0 Å². The first-order valence-corrected chi connectivity index (χ1v) is 11.1. The van der Waals surface area contributed by atoms with E-state index in [0.717, 1.165) is 23.2 Å². The number of carbonyl (C=O) groups excluding carboxylic acids is 1. The molecule has 0 fully saturated rings. The van der Waals surface area contributed by atoms with Gasteiger partial charge in [-0.1, -0.05) is 45.0 Å². The van der Waals surface area contributed by atoms with Crippen molar-refractivity contribution in [3.8, 4) is 16.9 Å². The van der Waals surface area contributed by atoms with Crippen LogP contribution in [-0.2, 0) is 4.79 Å². The molecule has 2 aliphatic rings. The number of amides is 1. The molecule has 0 bridgehead atoms. The minimum absolute atomic E-state index is 0.00968. The highest BCUT2D eigenvalue weighted by molar-refractivity contribution is 6.13. The maximum atomic E-state index is 12.7. The van der Waals surface area contributed by atoms with E-state index in [0.29, 0.717) is 22.7 Å². The van der Waals surface area contributed by atoms with Gasteiger partial charge in [-0.05, 0) is 61.8 Å². The smallest absolute Gasteiger partial charge is 0.291 e. The molecule has 0 aliphatic carbocycles. The SMILES string of the molecule is CC.Cc1cc(O)c(-c2ccc(C(C)CN(C)C)cc2)c2c1NC(=O)C1C2=CC=C[NH+]1O. The minimum atomic E-state index is -0.762. The van der Waals surface area contributed by atoms with Gasteiger partial charge in [-0.25, -0.2) is 5.21 Å². The second kappa shape index (κ2) is 9.69. The van der Waals surface area contributed by atoms with Crippen molar-refractivity contribution in [2.24, 2.45) is 0 Å². The molecule has 1 amide bonds. The molecule has 6 heteroatoms. The van der Waals surface area contributed by atoms with Crippen LogP contribution in [0.2, 0.25) is 0 Å². The average molecular weight is 437 g/mol. The summed E-state index contributed by atoms with van der Waals surface area (Å²) in [7, 11) is 4.12. The number of quaternary nitrogens is 1. The first-order chi connectivity index (χ1) is 15.3. The van der Waals surface area contributed by atoms with Crippen LogP contribution in [0.3, 0.4) is 0 Å². The summed E-state index contributed by atoms with van der Waals surface area (Å²) in [6.45, 7) is 9.00. The van der Waals surface area contributed by atoms with E-state index in [2.05, 4.69) is 43.4 Å². The molecule has 0 saturated carbocycles. The number of hydroxylamine groups is 2. The summed E-state index contributed by atoms with van der Waals surface area (Å²) >= 11 is 0. The molecule has 6 nitrogen and oxygen atoms in total. The van der Waals surface area contributed by atoms with Crippen molar-refractivity contribution in [3.63, 3.8) is 0 Å². The fraction of sp³-hybridized carbons (Fsp3) is 0.346. The number of hydrogen-bond donors (Lipinski definition) is 4. The fourth-order valence-corrected chi connectivity index (χ4v) is 4.47. The predicted molar refractivity (Wildman–Crippen MR) is 129 cm³/mol. The van der Waals surface area contributed by atoms with Crippen LogP contribution in [0.15, 0.2) is 48.7 Å². The average Bonchev–Trinajstić information content (AvgIpc) is 2.76. The third-order valence-corrected chi connectivity index (χ3v) is 5.86. The summed E-state index contributed by atoms with van der Waals surface area (Å²) in [5, 5.41) is 24.2. The number of rotatable bonds is 4. The number of aryl methyl sites for hydroxylation is 1. The number of phenolic OH excluding ortho intramolecular Hbond substituents is 1. The zero-order valence-electron chi connectivity index (χ0n) is 19.7. The van der Waals surface area contributed by atoms with E-state index in [1.807, 2.05) is 39.0 Å². The number of phenols is 1. The number of fused-ring (bicyclic) bond motifs is 3. The van der Waals surface area contributed by atoms with Crippen molar-refractivity contribution in [2.45, 2.75) is 39.7 Å². The van der Waals surface area contributed by atoms with Gasteiger partial charge in [-0.15, -0.1) is 0 Å². The lowest BCUT2D eigenvalue weighted by Gasteiger charge is -2.32. The fourth-order valence-electron chi connectivity index (χ4n) is 4.47. The predicted octanol–water partition coefficient (Wildman–Crippen LogP) is 3.56. The molecule has 0 aromatic heterocycles. The standard InChI is InChI=1S/C24H27N3O3.C2H6/c1-14-12-19(28)20(17-9-7-16(8-10-17)15(2)13-26(3)4)21-18-6-5-11-27(30)23(18)24(29)25-22(14)21;1-2/h5-12,15,23,28,30H,13H2,1-4H3,(H,25,29);1-2H3/p+1. The highest BCUT2D eigenvalue weighted by atomic mass is 16.5. The van der Waals surface area contributed by atoms with E-state index in [9.17, 15) is 15.1 Å². The number of nitrogens with zero attached hydrogens (tertiary/aromatic N) is 1.